The van der Waals surface area contributed by atoms with E-state index in [1.165, 1.54) is 24.8 Å². The van der Waals surface area contributed by atoms with Crippen molar-refractivity contribution in [2.75, 3.05) is 13.2 Å². The molecule has 0 amide bonds. The normalized spacial score (nSPS) is 40.6. The summed E-state index contributed by atoms with van der Waals surface area (Å²) in [5.41, 5.74) is 3.81. The summed E-state index contributed by atoms with van der Waals surface area (Å²) in [6.45, 7) is 15.3. The number of esters is 1. The minimum Gasteiger partial charge on any atom is -0.458 e. The molecule has 212 valence electrons. The van der Waals surface area contributed by atoms with Gasteiger partial charge in [0, 0.05) is 31.1 Å². The fourth-order valence-electron chi connectivity index (χ4n) is 8.08. The third-order valence-corrected chi connectivity index (χ3v) is 10.2. The van der Waals surface area contributed by atoms with Gasteiger partial charge in [-0.1, -0.05) is 51.7 Å². The molecule has 0 aromatic carbocycles. The van der Waals surface area contributed by atoms with Crippen LogP contribution in [0.4, 0.5) is 0 Å². The third kappa shape index (κ3) is 5.60. The molecule has 4 aliphatic rings. The van der Waals surface area contributed by atoms with Crippen molar-refractivity contribution in [3.63, 3.8) is 0 Å². The quantitative estimate of drug-likeness (QED) is 0.220. The molecule has 0 unspecified atom stereocenters. The van der Waals surface area contributed by atoms with Gasteiger partial charge in [-0.25, -0.2) is 4.79 Å². The van der Waals surface area contributed by atoms with Crippen molar-refractivity contribution in [2.24, 2.45) is 29.1 Å². The van der Waals surface area contributed by atoms with Gasteiger partial charge in [-0.2, -0.15) is 0 Å². The van der Waals surface area contributed by atoms with Crippen LogP contribution in [0, 0.1) is 29.1 Å². The van der Waals surface area contributed by atoms with Crippen molar-refractivity contribution >= 4 is 5.97 Å². The number of rotatable bonds is 9. The van der Waals surface area contributed by atoms with E-state index in [0.717, 1.165) is 31.3 Å². The van der Waals surface area contributed by atoms with Crippen molar-refractivity contribution in [1.82, 2.24) is 0 Å². The average Bonchev–Trinajstić information content (AvgIpc) is 3.37. The van der Waals surface area contributed by atoms with Gasteiger partial charge >= 0.3 is 5.97 Å². The number of aliphatic hydroxyl groups is 3. The van der Waals surface area contributed by atoms with E-state index in [1.54, 1.807) is 0 Å². The highest BCUT2D eigenvalue weighted by Crippen LogP contribution is 2.60. The summed E-state index contributed by atoms with van der Waals surface area (Å²) in [7, 11) is 0. The predicted octanol–water partition coefficient (Wildman–Crippen LogP) is 5.04. The topological polar surface area (TPSA) is 96.2 Å². The first-order valence-corrected chi connectivity index (χ1v) is 14.7. The summed E-state index contributed by atoms with van der Waals surface area (Å²) in [5, 5.41) is 30.4. The second kappa shape index (κ2) is 12.2. The Morgan fingerprint density at radius 3 is 2.68 bits per heavy atom. The average molecular weight is 529 g/mol. The van der Waals surface area contributed by atoms with Gasteiger partial charge in [-0.3, -0.25) is 0 Å². The van der Waals surface area contributed by atoms with Crippen LogP contribution in [0.25, 0.3) is 0 Å². The summed E-state index contributed by atoms with van der Waals surface area (Å²) >= 11 is 0. The highest BCUT2D eigenvalue weighted by Gasteiger charge is 2.51. The smallest absolute Gasteiger partial charge is 0.334 e. The van der Waals surface area contributed by atoms with E-state index < -0.39 is 18.3 Å². The van der Waals surface area contributed by atoms with Crippen LogP contribution in [0.2, 0.25) is 0 Å². The van der Waals surface area contributed by atoms with Gasteiger partial charge in [0.15, 0.2) is 0 Å². The van der Waals surface area contributed by atoms with E-state index in [0.29, 0.717) is 48.3 Å². The van der Waals surface area contributed by atoms with Crippen molar-refractivity contribution < 1.29 is 29.6 Å². The monoisotopic (exact) mass is 528 g/mol. The molecular weight excluding hydrogens is 480 g/mol. The summed E-state index contributed by atoms with van der Waals surface area (Å²) in [5.74, 6) is 1.48. The Bertz CT molecular complexity index is 965. The Hall–Kier alpha value is -1.73. The number of hydrogen-bond donors (Lipinski definition) is 3. The lowest BCUT2D eigenvalue weighted by atomic mass is 9.60. The van der Waals surface area contributed by atoms with Gasteiger partial charge in [-0.05, 0) is 85.7 Å². The molecule has 6 heteroatoms. The Labute approximate surface area is 228 Å². The SMILES string of the molecule is C=C1C(=CC=C2CCC[C@]3(C)[C@@H]([C@H](C)C[C@H]4OC(=O)C(=C)[C@H]4CC)CC[C@@H]23)C[C@@H](O)[C@H](OCCCO)[C@@H]1O. The van der Waals surface area contributed by atoms with Gasteiger partial charge in [0.2, 0.25) is 0 Å². The first-order chi connectivity index (χ1) is 18.1. The Morgan fingerprint density at radius 2 is 1.97 bits per heavy atom. The fourth-order valence-corrected chi connectivity index (χ4v) is 8.08. The van der Waals surface area contributed by atoms with Gasteiger partial charge in [0.1, 0.15) is 18.3 Å². The second-order valence-corrected chi connectivity index (χ2v) is 12.4. The maximum atomic E-state index is 12.1. The molecule has 0 radical (unpaired) electrons. The second-order valence-electron chi connectivity index (χ2n) is 12.4. The van der Waals surface area contributed by atoms with Crippen LogP contribution in [-0.2, 0) is 14.3 Å². The summed E-state index contributed by atoms with van der Waals surface area (Å²) in [4.78, 5) is 12.1. The van der Waals surface area contributed by atoms with E-state index >= 15 is 0 Å². The standard InChI is InChI=1S/C32H48O6/c1-6-24-21(4)31(36)38-28(24)17-19(2)25-12-13-26-22(9-7-14-32(25,26)5)10-11-23-18-27(34)30(29(35)20(23)3)37-16-8-15-33/h10-11,19,24-30,33-35H,3-4,6-9,12-18H2,1-2,5H3/t19-,24-,25-,26+,27-,28-,29-,30+,32-/m1/s1. The van der Waals surface area contributed by atoms with Crippen LogP contribution in [0.15, 0.2) is 47.6 Å². The maximum absolute atomic E-state index is 12.1. The largest absolute Gasteiger partial charge is 0.458 e. The molecule has 0 spiro atoms. The fraction of sp³-hybridized carbons (Fsp3) is 0.719. The molecule has 3 N–H and O–H groups in total. The lowest BCUT2D eigenvalue weighted by molar-refractivity contribution is -0.140. The molecule has 0 aromatic rings. The number of allylic oxidation sites excluding steroid dienone is 3. The Morgan fingerprint density at radius 1 is 1.21 bits per heavy atom. The molecular formula is C32H48O6. The zero-order chi connectivity index (χ0) is 27.6. The number of ether oxygens (including phenoxy) is 2. The molecule has 38 heavy (non-hydrogen) atoms. The first-order valence-electron chi connectivity index (χ1n) is 14.7. The number of hydrogen-bond acceptors (Lipinski definition) is 6. The molecule has 1 heterocycles. The van der Waals surface area contributed by atoms with E-state index in [2.05, 4.69) is 46.1 Å². The van der Waals surface area contributed by atoms with Crippen LogP contribution < -0.4 is 0 Å². The van der Waals surface area contributed by atoms with Crippen molar-refractivity contribution in [3.05, 3.63) is 47.6 Å². The zero-order valence-electron chi connectivity index (χ0n) is 23.5. The predicted molar refractivity (Wildman–Crippen MR) is 148 cm³/mol. The minimum absolute atomic E-state index is 0.0152. The Balaban J connectivity index is 1.45. The summed E-state index contributed by atoms with van der Waals surface area (Å²) in [6, 6.07) is 0. The van der Waals surface area contributed by atoms with Gasteiger partial charge in [-0.15, -0.1) is 0 Å². The molecule has 4 fully saturated rings. The number of carbonyl (C=O) groups excluding carboxylic acids is 1. The van der Waals surface area contributed by atoms with E-state index in [-0.39, 0.29) is 30.0 Å². The molecule has 9 atom stereocenters. The lowest BCUT2D eigenvalue weighted by Gasteiger charge is -2.45. The summed E-state index contributed by atoms with van der Waals surface area (Å²) in [6.07, 6.45) is 10.2. The number of aliphatic hydroxyl groups excluding tert-OH is 3. The number of cyclic esters (lactones) is 1. The zero-order valence-corrected chi connectivity index (χ0v) is 23.5. The molecule has 0 bridgehead atoms. The van der Waals surface area contributed by atoms with Crippen LogP contribution in [0.1, 0.15) is 78.6 Å². The molecule has 6 nitrogen and oxygen atoms in total. The summed E-state index contributed by atoms with van der Waals surface area (Å²) < 4.78 is 11.4. The maximum Gasteiger partial charge on any atom is 0.334 e. The van der Waals surface area contributed by atoms with Gasteiger partial charge < -0.3 is 24.8 Å². The number of fused-ring (bicyclic) bond motifs is 1. The molecule has 3 aliphatic carbocycles. The Kier molecular flexibility index (Phi) is 9.39. The molecule has 3 saturated carbocycles. The van der Waals surface area contributed by atoms with Crippen molar-refractivity contribution in [3.8, 4) is 0 Å². The van der Waals surface area contributed by atoms with Crippen LogP contribution >= 0.6 is 0 Å². The van der Waals surface area contributed by atoms with Crippen molar-refractivity contribution in [2.45, 2.75) is 103 Å². The van der Waals surface area contributed by atoms with Crippen LogP contribution in [0.3, 0.4) is 0 Å². The van der Waals surface area contributed by atoms with Crippen molar-refractivity contribution in [1.29, 1.82) is 0 Å². The first kappa shape index (κ1) is 29.3. The molecule has 1 aliphatic heterocycles. The minimum atomic E-state index is -0.955. The molecule has 4 rings (SSSR count). The van der Waals surface area contributed by atoms with E-state index in [1.807, 2.05) is 0 Å². The molecule has 1 saturated heterocycles. The van der Waals surface area contributed by atoms with Gasteiger partial charge in [0.25, 0.3) is 0 Å². The highest BCUT2D eigenvalue weighted by atomic mass is 16.6. The molecule has 0 aromatic heterocycles. The van der Waals surface area contributed by atoms with E-state index in [4.69, 9.17) is 14.6 Å². The van der Waals surface area contributed by atoms with Crippen LogP contribution in [-0.4, -0.2) is 58.9 Å². The number of carbonyl (C=O) groups is 1. The highest BCUT2D eigenvalue weighted by molar-refractivity contribution is 5.90. The van der Waals surface area contributed by atoms with E-state index in [9.17, 15) is 15.0 Å². The van der Waals surface area contributed by atoms with Gasteiger partial charge in [0.05, 0.1) is 6.10 Å². The van der Waals surface area contributed by atoms with Crippen LogP contribution in [0.5, 0.6) is 0 Å². The lowest BCUT2D eigenvalue weighted by Crippen LogP contribution is -2.45. The third-order valence-electron chi connectivity index (χ3n) is 10.2.